The quantitative estimate of drug-likeness (QED) is 0.250. The number of likely N-dealkylation sites (N-methyl/N-ethyl adjacent to an activating group) is 1. The molecule has 0 fully saturated rings. The number of hydrogen-bond acceptors (Lipinski definition) is 4. The van der Waals surface area contributed by atoms with E-state index < -0.39 is 28.5 Å². The molecule has 0 unspecified atom stereocenters. The van der Waals surface area contributed by atoms with Crippen LogP contribution in [0.3, 0.4) is 0 Å². The van der Waals surface area contributed by atoms with Crippen LogP contribution in [0.4, 0.5) is 5.69 Å². The average molecular weight is 645 g/mol. The van der Waals surface area contributed by atoms with Gasteiger partial charge in [-0.05, 0) is 68.3 Å². The van der Waals surface area contributed by atoms with Crippen molar-refractivity contribution in [2.75, 3.05) is 17.4 Å². The average Bonchev–Trinajstić information content (AvgIpc) is 2.91. The van der Waals surface area contributed by atoms with E-state index in [1.165, 1.54) is 35.2 Å². The largest absolute Gasteiger partial charge is 0.355 e. The van der Waals surface area contributed by atoms with Crippen LogP contribution >= 0.6 is 46.4 Å². The molecule has 0 heterocycles. The van der Waals surface area contributed by atoms with Crippen LogP contribution in [-0.2, 0) is 26.2 Å². The number of carbonyl (C=O) groups excluding carboxylic acids is 2. The summed E-state index contributed by atoms with van der Waals surface area (Å²) in [5.41, 5.74) is 1.63. The zero-order valence-corrected chi connectivity index (χ0v) is 26.0. The molecule has 12 heteroatoms. The highest BCUT2D eigenvalue weighted by atomic mass is 35.5. The Bertz CT molecular complexity index is 1480. The molecule has 1 N–H and O–H groups in total. The smallest absolute Gasteiger partial charge is 0.264 e. The third-order valence-corrected chi connectivity index (χ3v) is 9.42. The van der Waals surface area contributed by atoms with Crippen LogP contribution in [0, 0.1) is 6.92 Å². The summed E-state index contributed by atoms with van der Waals surface area (Å²) < 4.78 is 28.7. The molecular weight excluding hydrogens is 616 g/mol. The summed E-state index contributed by atoms with van der Waals surface area (Å²) in [6.07, 6.45) is 0.288. The third-order valence-electron chi connectivity index (χ3n) is 6.15. The number of amides is 2. The lowest BCUT2D eigenvalue weighted by Crippen LogP contribution is -2.52. The van der Waals surface area contributed by atoms with Gasteiger partial charge in [0.25, 0.3) is 10.0 Å². The molecule has 0 saturated carbocycles. The molecule has 7 nitrogen and oxygen atoms in total. The Kier molecular flexibility index (Phi) is 11.1. The van der Waals surface area contributed by atoms with Crippen molar-refractivity contribution < 1.29 is 18.0 Å². The SMILES string of the molecule is CCNC(=O)[C@H](CC)N(Cc1ccc(Cl)c(Cl)c1)C(=O)CN(c1ccc(Cl)c(Cl)c1)S(=O)(=O)c1ccc(C)cc1. The Morgan fingerprint density at radius 2 is 1.45 bits per heavy atom. The molecule has 40 heavy (non-hydrogen) atoms. The molecule has 0 saturated heterocycles. The van der Waals surface area contributed by atoms with E-state index in [2.05, 4.69) is 5.32 Å². The van der Waals surface area contributed by atoms with Gasteiger partial charge in [0.2, 0.25) is 11.8 Å². The molecule has 1 atom stereocenters. The maximum atomic E-state index is 14.0. The first kappa shape index (κ1) is 32.0. The second-order valence-corrected chi connectivity index (χ2v) is 12.5. The van der Waals surface area contributed by atoms with E-state index in [1.807, 2.05) is 6.92 Å². The van der Waals surface area contributed by atoms with Crippen LogP contribution in [0.25, 0.3) is 0 Å². The molecule has 0 spiro atoms. The van der Waals surface area contributed by atoms with Gasteiger partial charge in [0.1, 0.15) is 12.6 Å². The Labute approximate surface area is 255 Å². The number of sulfonamides is 1. The predicted molar refractivity (Wildman–Crippen MR) is 162 cm³/mol. The summed E-state index contributed by atoms with van der Waals surface area (Å²) in [6.45, 7) is 5.13. The number of halogens is 4. The topological polar surface area (TPSA) is 86.8 Å². The number of carbonyl (C=O) groups is 2. The third kappa shape index (κ3) is 7.62. The number of benzene rings is 3. The van der Waals surface area contributed by atoms with Gasteiger partial charge in [-0.15, -0.1) is 0 Å². The molecule has 3 aromatic carbocycles. The van der Waals surface area contributed by atoms with Gasteiger partial charge in [-0.1, -0.05) is 77.1 Å². The van der Waals surface area contributed by atoms with E-state index >= 15 is 0 Å². The Morgan fingerprint density at radius 1 is 0.850 bits per heavy atom. The van der Waals surface area contributed by atoms with Gasteiger partial charge < -0.3 is 10.2 Å². The maximum absolute atomic E-state index is 14.0. The maximum Gasteiger partial charge on any atom is 0.264 e. The van der Waals surface area contributed by atoms with Crippen molar-refractivity contribution in [2.24, 2.45) is 0 Å². The van der Waals surface area contributed by atoms with Crippen molar-refractivity contribution in [1.82, 2.24) is 10.2 Å². The lowest BCUT2D eigenvalue weighted by atomic mass is 10.1. The summed E-state index contributed by atoms with van der Waals surface area (Å²) in [5.74, 6) is -0.966. The summed E-state index contributed by atoms with van der Waals surface area (Å²) in [6, 6.07) is 14.6. The zero-order valence-electron chi connectivity index (χ0n) is 22.1. The van der Waals surface area contributed by atoms with Crippen LogP contribution in [0.5, 0.6) is 0 Å². The fraction of sp³-hybridized carbons (Fsp3) is 0.286. The Balaban J connectivity index is 2.09. The molecule has 3 aromatic rings. The van der Waals surface area contributed by atoms with E-state index in [-0.39, 0.29) is 44.5 Å². The molecule has 0 bridgehead atoms. The van der Waals surface area contributed by atoms with Crippen LogP contribution in [0.15, 0.2) is 65.6 Å². The molecule has 214 valence electrons. The molecule has 0 aromatic heterocycles. The molecule has 3 rings (SSSR count). The Morgan fingerprint density at radius 3 is 2.00 bits per heavy atom. The van der Waals surface area contributed by atoms with Crippen LogP contribution in [0.1, 0.15) is 31.4 Å². The van der Waals surface area contributed by atoms with Crippen molar-refractivity contribution in [3.05, 3.63) is 91.9 Å². The highest BCUT2D eigenvalue weighted by Gasteiger charge is 2.33. The molecule has 0 radical (unpaired) electrons. The van der Waals surface area contributed by atoms with Gasteiger partial charge in [0, 0.05) is 13.1 Å². The second kappa shape index (κ2) is 13.9. The molecule has 0 aliphatic heterocycles. The van der Waals surface area contributed by atoms with E-state index in [4.69, 9.17) is 46.4 Å². The normalized spacial score (nSPS) is 12.1. The molecule has 0 aliphatic rings. The zero-order chi connectivity index (χ0) is 29.6. The first-order valence-electron chi connectivity index (χ1n) is 12.4. The van der Waals surface area contributed by atoms with Gasteiger partial charge in [-0.25, -0.2) is 8.42 Å². The van der Waals surface area contributed by atoms with E-state index in [0.717, 1.165) is 9.87 Å². The van der Waals surface area contributed by atoms with Gasteiger partial charge in [-0.3, -0.25) is 13.9 Å². The van der Waals surface area contributed by atoms with Crippen molar-refractivity contribution in [3.63, 3.8) is 0 Å². The minimum Gasteiger partial charge on any atom is -0.355 e. The first-order chi connectivity index (χ1) is 18.9. The summed E-state index contributed by atoms with van der Waals surface area (Å²) in [4.78, 5) is 28.3. The molecule has 2 amide bonds. The Hall–Kier alpha value is -2.49. The highest BCUT2D eigenvalue weighted by Crippen LogP contribution is 2.31. The number of nitrogens with zero attached hydrogens (tertiary/aromatic N) is 2. The number of rotatable bonds is 11. The number of nitrogens with one attached hydrogen (secondary N) is 1. The minimum atomic E-state index is -4.23. The van der Waals surface area contributed by atoms with Crippen molar-refractivity contribution >= 4 is 73.9 Å². The van der Waals surface area contributed by atoms with Gasteiger partial charge >= 0.3 is 0 Å². The minimum absolute atomic E-state index is 0.00877. The lowest BCUT2D eigenvalue weighted by molar-refractivity contribution is -0.140. The van der Waals surface area contributed by atoms with Crippen molar-refractivity contribution in [3.8, 4) is 0 Å². The summed E-state index contributed by atoms with van der Waals surface area (Å²) >= 11 is 24.6. The van der Waals surface area contributed by atoms with Gasteiger partial charge in [-0.2, -0.15) is 0 Å². The first-order valence-corrected chi connectivity index (χ1v) is 15.4. The van der Waals surface area contributed by atoms with E-state index in [0.29, 0.717) is 17.1 Å². The van der Waals surface area contributed by atoms with Gasteiger partial charge in [0.05, 0.1) is 30.7 Å². The fourth-order valence-corrected chi connectivity index (χ4v) is 6.07. The lowest BCUT2D eigenvalue weighted by Gasteiger charge is -2.33. The molecular formula is C28H29Cl4N3O4S. The second-order valence-electron chi connectivity index (χ2n) is 9.01. The van der Waals surface area contributed by atoms with E-state index in [9.17, 15) is 18.0 Å². The monoisotopic (exact) mass is 643 g/mol. The van der Waals surface area contributed by atoms with Crippen LogP contribution in [0.2, 0.25) is 20.1 Å². The van der Waals surface area contributed by atoms with Crippen LogP contribution in [-0.4, -0.2) is 44.3 Å². The van der Waals surface area contributed by atoms with Gasteiger partial charge in [0.15, 0.2) is 0 Å². The summed E-state index contributed by atoms with van der Waals surface area (Å²) in [5, 5.41) is 3.74. The van der Waals surface area contributed by atoms with E-state index in [1.54, 1.807) is 44.2 Å². The fourth-order valence-electron chi connectivity index (χ4n) is 4.05. The predicted octanol–water partition coefficient (Wildman–Crippen LogP) is 6.75. The molecule has 0 aliphatic carbocycles. The highest BCUT2D eigenvalue weighted by molar-refractivity contribution is 7.92. The van der Waals surface area contributed by atoms with Crippen molar-refractivity contribution in [2.45, 2.75) is 44.7 Å². The number of aryl methyl sites for hydroxylation is 1. The van der Waals surface area contributed by atoms with Crippen LogP contribution < -0.4 is 9.62 Å². The number of anilines is 1. The summed E-state index contributed by atoms with van der Waals surface area (Å²) in [7, 11) is -4.23. The standard InChI is InChI=1S/C28H29Cl4N3O4S/c1-4-26(28(37)33-5-2)34(16-19-8-12-22(29)24(31)14-19)27(36)17-35(20-9-13-23(30)25(32)15-20)40(38,39)21-10-6-18(3)7-11-21/h6-15,26H,4-5,16-17H2,1-3H3,(H,33,37)/t26-/m0/s1. The van der Waals surface area contributed by atoms with Crippen molar-refractivity contribution in [1.29, 1.82) is 0 Å². The number of hydrogen-bond donors (Lipinski definition) is 1.